The third-order valence-electron chi connectivity index (χ3n) is 5.17. The quantitative estimate of drug-likeness (QED) is 0.435. The highest BCUT2D eigenvalue weighted by molar-refractivity contribution is 5.94. The van der Waals surface area contributed by atoms with Gasteiger partial charge in [-0.15, -0.1) is 0 Å². The number of benzene rings is 2. The lowest BCUT2D eigenvalue weighted by Crippen LogP contribution is -2.44. The Kier molecular flexibility index (Phi) is 5.74. The number of carbonyl (C=O) groups excluding carboxylic acids is 2. The summed E-state index contributed by atoms with van der Waals surface area (Å²) in [7, 11) is 0. The van der Waals surface area contributed by atoms with Gasteiger partial charge in [0.25, 0.3) is 0 Å². The summed E-state index contributed by atoms with van der Waals surface area (Å²) in [5, 5.41) is 0.725. The van der Waals surface area contributed by atoms with Gasteiger partial charge in [0.2, 0.25) is 0 Å². The molecule has 2 aromatic carbocycles. The number of rotatable bonds is 3. The van der Waals surface area contributed by atoms with E-state index in [0.717, 1.165) is 16.5 Å². The van der Waals surface area contributed by atoms with Crippen molar-refractivity contribution in [3.05, 3.63) is 65.0 Å². The van der Waals surface area contributed by atoms with Crippen molar-refractivity contribution in [1.82, 2.24) is 4.90 Å². The van der Waals surface area contributed by atoms with Crippen molar-refractivity contribution < 1.29 is 23.5 Å². The standard InChI is InChI=1S/C25H25NO6/c1-25(2,3)32-23(28)20-10-7-13-26(20)24(29)30-17-11-12-18-19(16-8-5-4-6-9-16)15-22(27)31-21(18)14-17/h4-6,8-9,11-12,14-15,20H,7,10,13H2,1-3H3. The van der Waals surface area contributed by atoms with Crippen molar-refractivity contribution >= 4 is 23.0 Å². The molecule has 1 amide bonds. The fraction of sp³-hybridized carbons (Fsp3) is 0.320. The van der Waals surface area contributed by atoms with E-state index in [2.05, 4.69) is 0 Å². The average Bonchev–Trinajstić information content (AvgIpc) is 3.23. The molecule has 0 aliphatic carbocycles. The zero-order valence-electron chi connectivity index (χ0n) is 18.3. The molecule has 32 heavy (non-hydrogen) atoms. The molecule has 0 bridgehead atoms. The minimum Gasteiger partial charge on any atom is -0.458 e. The molecule has 1 saturated heterocycles. The van der Waals surface area contributed by atoms with E-state index in [0.29, 0.717) is 25.0 Å². The number of amides is 1. The van der Waals surface area contributed by atoms with Crippen molar-refractivity contribution in [3.8, 4) is 16.9 Å². The van der Waals surface area contributed by atoms with Crippen LogP contribution in [0.5, 0.6) is 5.75 Å². The molecule has 3 aromatic rings. The number of fused-ring (bicyclic) bond motifs is 1. The molecule has 166 valence electrons. The van der Waals surface area contributed by atoms with Gasteiger partial charge in [0.15, 0.2) is 0 Å². The van der Waals surface area contributed by atoms with Gasteiger partial charge in [-0.3, -0.25) is 4.90 Å². The Bertz CT molecular complexity index is 1210. The zero-order chi connectivity index (χ0) is 22.9. The number of esters is 1. The van der Waals surface area contributed by atoms with E-state index in [1.807, 2.05) is 30.3 Å². The van der Waals surface area contributed by atoms with Crippen LogP contribution in [-0.2, 0) is 9.53 Å². The van der Waals surface area contributed by atoms with Crippen LogP contribution in [0.15, 0.2) is 63.8 Å². The molecule has 0 radical (unpaired) electrons. The Morgan fingerprint density at radius 1 is 1.06 bits per heavy atom. The first-order chi connectivity index (χ1) is 15.2. The molecule has 1 fully saturated rings. The first-order valence-corrected chi connectivity index (χ1v) is 10.6. The van der Waals surface area contributed by atoms with E-state index >= 15 is 0 Å². The summed E-state index contributed by atoms with van der Waals surface area (Å²) in [5.41, 5.74) is 0.796. The summed E-state index contributed by atoms with van der Waals surface area (Å²) in [5.74, 6) is -0.213. The van der Waals surface area contributed by atoms with E-state index < -0.39 is 29.3 Å². The molecule has 7 heteroatoms. The van der Waals surface area contributed by atoms with Crippen molar-refractivity contribution in [1.29, 1.82) is 0 Å². The predicted molar refractivity (Wildman–Crippen MR) is 120 cm³/mol. The van der Waals surface area contributed by atoms with Gasteiger partial charge < -0.3 is 13.9 Å². The second kappa shape index (κ2) is 8.49. The lowest BCUT2D eigenvalue weighted by atomic mass is 10.0. The second-order valence-electron chi connectivity index (χ2n) is 8.76. The molecule has 1 aromatic heterocycles. The molecule has 1 aliphatic heterocycles. The van der Waals surface area contributed by atoms with Gasteiger partial charge in [-0.25, -0.2) is 14.4 Å². The van der Waals surface area contributed by atoms with Crippen LogP contribution in [0, 0.1) is 0 Å². The van der Waals surface area contributed by atoms with Crippen molar-refractivity contribution in [3.63, 3.8) is 0 Å². The molecule has 2 heterocycles. The fourth-order valence-corrected chi connectivity index (χ4v) is 3.82. The lowest BCUT2D eigenvalue weighted by molar-refractivity contribution is -0.159. The van der Waals surface area contributed by atoms with Crippen LogP contribution in [0.3, 0.4) is 0 Å². The summed E-state index contributed by atoms with van der Waals surface area (Å²) in [6, 6.07) is 15.2. The average molecular weight is 435 g/mol. The van der Waals surface area contributed by atoms with Gasteiger partial charge >= 0.3 is 17.7 Å². The van der Waals surface area contributed by atoms with Crippen molar-refractivity contribution in [2.75, 3.05) is 6.54 Å². The largest absolute Gasteiger partial charge is 0.458 e. The SMILES string of the molecule is CC(C)(C)OC(=O)C1CCCN1C(=O)Oc1ccc2c(-c3ccccc3)cc(=O)oc2c1. The Hall–Kier alpha value is -3.61. The summed E-state index contributed by atoms with van der Waals surface area (Å²) >= 11 is 0. The number of ether oxygens (including phenoxy) is 2. The highest BCUT2D eigenvalue weighted by Crippen LogP contribution is 2.30. The van der Waals surface area contributed by atoms with E-state index in [9.17, 15) is 14.4 Å². The zero-order valence-corrected chi connectivity index (χ0v) is 18.3. The van der Waals surface area contributed by atoms with Gasteiger partial charge in [0.05, 0.1) is 0 Å². The summed E-state index contributed by atoms with van der Waals surface area (Å²) < 4.78 is 16.3. The Morgan fingerprint density at radius 2 is 1.81 bits per heavy atom. The maximum atomic E-state index is 12.8. The smallest absolute Gasteiger partial charge is 0.415 e. The fourth-order valence-electron chi connectivity index (χ4n) is 3.82. The molecule has 1 unspecified atom stereocenters. The predicted octanol–water partition coefficient (Wildman–Crippen LogP) is 4.76. The maximum Gasteiger partial charge on any atom is 0.415 e. The van der Waals surface area contributed by atoms with Crippen LogP contribution >= 0.6 is 0 Å². The number of nitrogens with zero attached hydrogens (tertiary/aromatic N) is 1. The van der Waals surface area contributed by atoms with Crippen molar-refractivity contribution in [2.24, 2.45) is 0 Å². The Labute approximate surface area is 185 Å². The maximum absolute atomic E-state index is 12.8. The summed E-state index contributed by atoms with van der Waals surface area (Å²) in [6.45, 7) is 5.77. The molecule has 1 atom stereocenters. The molecular weight excluding hydrogens is 410 g/mol. The first-order valence-electron chi connectivity index (χ1n) is 10.6. The molecule has 4 rings (SSSR count). The third-order valence-corrected chi connectivity index (χ3v) is 5.17. The minimum atomic E-state index is -0.676. The Balaban J connectivity index is 1.57. The highest BCUT2D eigenvalue weighted by Gasteiger charge is 2.38. The van der Waals surface area contributed by atoms with Gasteiger partial charge in [-0.05, 0) is 56.9 Å². The van der Waals surface area contributed by atoms with Gasteiger partial charge in [-0.2, -0.15) is 0 Å². The van der Waals surface area contributed by atoms with Crippen LogP contribution in [0.4, 0.5) is 4.79 Å². The molecule has 0 spiro atoms. The van der Waals surface area contributed by atoms with E-state index in [-0.39, 0.29) is 5.75 Å². The number of hydrogen-bond donors (Lipinski definition) is 0. The molecular formula is C25H25NO6. The van der Waals surface area contributed by atoms with E-state index in [4.69, 9.17) is 13.9 Å². The first kappa shape index (κ1) is 21.6. The molecule has 7 nitrogen and oxygen atoms in total. The number of hydrogen-bond acceptors (Lipinski definition) is 6. The van der Waals surface area contributed by atoms with Crippen molar-refractivity contribution in [2.45, 2.75) is 45.3 Å². The lowest BCUT2D eigenvalue weighted by Gasteiger charge is -2.26. The highest BCUT2D eigenvalue weighted by atomic mass is 16.6. The summed E-state index contributed by atoms with van der Waals surface area (Å²) in [4.78, 5) is 38.8. The minimum absolute atomic E-state index is 0.228. The Morgan fingerprint density at radius 3 is 2.53 bits per heavy atom. The number of likely N-dealkylation sites (tertiary alicyclic amines) is 1. The normalized spacial score (nSPS) is 16.2. The van der Waals surface area contributed by atoms with Crippen LogP contribution in [0.2, 0.25) is 0 Å². The van der Waals surface area contributed by atoms with Gasteiger partial charge in [0, 0.05) is 24.1 Å². The molecule has 0 saturated carbocycles. The summed E-state index contributed by atoms with van der Waals surface area (Å²) in [6.07, 6.45) is 0.572. The molecule has 0 N–H and O–H groups in total. The van der Waals surface area contributed by atoms with Gasteiger partial charge in [0.1, 0.15) is 23.0 Å². The van der Waals surface area contributed by atoms with Crippen LogP contribution in [0.25, 0.3) is 22.1 Å². The second-order valence-corrected chi connectivity index (χ2v) is 8.76. The van der Waals surface area contributed by atoms with Crippen LogP contribution in [0.1, 0.15) is 33.6 Å². The monoisotopic (exact) mass is 435 g/mol. The third kappa shape index (κ3) is 4.66. The van der Waals surface area contributed by atoms with E-state index in [1.54, 1.807) is 32.9 Å². The molecule has 1 aliphatic rings. The van der Waals surface area contributed by atoms with Crippen LogP contribution in [-0.4, -0.2) is 35.2 Å². The van der Waals surface area contributed by atoms with Crippen LogP contribution < -0.4 is 10.4 Å². The van der Waals surface area contributed by atoms with Gasteiger partial charge in [-0.1, -0.05) is 30.3 Å². The topological polar surface area (TPSA) is 86.0 Å². The number of carbonyl (C=O) groups is 2. The van der Waals surface area contributed by atoms with E-state index in [1.165, 1.54) is 17.0 Å².